The second-order valence-electron chi connectivity index (χ2n) is 5.68. The van der Waals surface area contributed by atoms with Crippen LogP contribution in [0.4, 0.5) is 0 Å². The van der Waals surface area contributed by atoms with Crippen LogP contribution in [0, 0.1) is 5.41 Å². The van der Waals surface area contributed by atoms with Crippen LogP contribution in [0.5, 0.6) is 0 Å². The van der Waals surface area contributed by atoms with Crippen molar-refractivity contribution in [1.29, 1.82) is 0 Å². The minimum absolute atomic E-state index is 0.0564. The van der Waals surface area contributed by atoms with Crippen LogP contribution in [0.3, 0.4) is 0 Å². The highest BCUT2D eigenvalue weighted by Crippen LogP contribution is 2.56. The molecule has 1 heterocycles. The van der Waals surface area contributed by atoms with Crippen LogP contribution in [0.15, 0.2) is 0 Å². The van der Waals surface area contributed by atoms with Crippen molar-refractivity contribution in [3.05, 3.63) is 0 Å². The smallest absolute Gasteiger partial charge is 0.229 e. The van der Waals surface area contributed by atoms with Crippen molar-refractivity contribution in [2.45, 2.75) is 43.7 Å². The number of rotatable bonds is 1. The maximum absolute atomic E-state index is 12.3. The summed E-state index contributed by atoms with van der Waals surface area (Å²) < 4.78 is 0. The fourth-order valence-electron chi connectivity index (χ4n) is 3.50. The number of likely N-dealkylation sites (tertiary alicyclic amines) is 1. The zero-order valence-electron chi connectivity index (χ0n) is 8.91. The van der Waals surface area contributed by atoms with E-state index < -0.39 is 0 Å². The van der Waals surface area contributed by atoms with Gasteiger partial charge in [0, 0.05) is 18.6 Å². The van der Waals surface area contributed by atoms with Gasteiger partial charge in [-0.2, -0.15) is 0 Å². The highest BCUT2D eigenvalue weighted by molar-refractivity contribution is 5.84. The van der Waals surface area contributed by atoms with Gasteiger partial charge in [-0.15, -0.1) is 0 Å². The standard InChI is InChI=1S/C11H18N2O2/c12-11-3-1-10(7-11,2-4-11)9(15)13-5-8(14)6-13/h8,14H,1-7,12H2. The molecule has 2 saturated carbocycles. The van der Waals surface area contributed by atoms with E-state index in [4.69, 9.17) is 5.73 Å². The van der Waals surface area contributed by atoms with Crippen molar-refractivity contribution < 1.29 is 9.90 Å². The monoisotopic (exact) mass is 210 g/mol. The van der Waals surface area contributed by atoms with Gasteiger partial charge < -0.3 is 15.7 Å². The maximum atomic E-state index is 12.3. The van der Waals surface area contributed by atoms with E-state index >= 15 is 0 Å². The Labute approximate surface area is 89.4 Å². The van der Waals surface area contributed by atoms with Crippen LogP contribution < -0.4 is 5.73 Å². The molecule has 2 aliphatic carbocycles. The number of β-amino-alcohol motifs (C(OH)–C–C–N with tert-alkyl or cyclic N) is 1. The quantitative estimate of drug-likeness (QED) is 0.632. The number of amides is 1. The first-order valence-electron chi connectivity index (χ1n) is 5.79. The number of hydrogen-bond acceptors (Lipinski definition) is 3. The molecule has 0 aromatic carbocycles. The van der Waals surface area contributed by atoms with E-state index in [-0.39, 0.29) is 23.0 Å². The highest BCUT2D eigenvalue weighted by Gasteiger charge is 2.58. The summed E-state index contributed by atoms with van der Waals surface area (Å²) in [6.07, 6.45) is 4.47. The summed E-state index contributed by atoms with van der Waals surface area (Å²) in [7, 11) is 0. The lowest BCUT2D eigenvalue weighted by Gasteiger charge is -2.41. The Morgan fingerprint density at radius 2 is 1.87 bits per heavy atom. The Morgan fingerprint density at radius 3 is 2.27 bits per heavy atom. The molecule has 0 aromatic heterocycles. The predicted molar refractivity (Wildman–Crippen MR) is 55.0 cm³/mol. The number of fused-ring (bicyclic) bond motifs is 2. The van der Waals surface area contributed by atoms with Gasteiger partial charge in [0.2, 0.25) is 5.91 Å². The lowest BCUT2D eigenvalue weighted by molar-refractivity contribution is -0.152. The molecule has 84 valence electrons. The number of aliphatic hydroxyl groups excluding tert-OH is 1. The van der Waals surface area contributed by atoms with E-state index in [2.05, 4.69) is 0 Å². The fraction of sp³-hybridized carbons (Fsp3) is 0.909. The van der Waals surface area contributed by atoms with E-state index in [9.17, 15) is 9.90 Å². The van der Waals surface area contributed by atoms with Gasteiger partial charge in [0.25, 0.3) is 0 Å². The predicted octanol–water partition coefficient (Wildman–Crippen LogP) is -0.149. The molecule has 1 saturated heterocycles. The normalized spacial score (nSPS) is 44.5. The zero-order chi connectivity index (χ0) is 10.7. The van der Waals surface area contributed by atoms with Crippen molar-refractivity contribution in [1.82, 2.24) is 4.90 Å². The molecule has 1 amide bonds. The second kappa shape index (κ2) is 2.74. The van der Waals surface area contributed by atoms with Crippen molar-refractivity contribution in [2.24, 2.45) is 11.1 Å². The topological polar surface area (TPSA) is 66.6 Å². The Morgan fingerprint density at radius 1 is 1.27 bits per heavy atom. The van der Waals surface area contributed by atoms with Crippen molar-refractivity contribution in [3.63, 3.8) is 0 Å². The van der Waals surface area contributed by atoms with E-state index in [0.29, 0.717) is 13.1 Å². The fourth-order valence-corrected chi connectivity index (χ4v) is 3.50. The van der Waals surface area contributed by atoms with E-state index in [1.54, 1.807) is 4.90 Å². The molecule has 3 aliphatic rings. The molecule has 0 unspecified atom stereocenters. The molecule has 0 atom stereocenters. The molecule has 2 bridgehead atoms. The first-order chi connectivity index (χ1) is 7.03. The largest absolute Gasteiger partial charge is 0.389 e. The lowest BCUT2D eigenvalue weighted by atomic mass is 9.82. The van der Waals surface area contributed by atoms with E-state index in [1.165, 1.54) is 0 Å². The van der Waals surface area contributed by atoms with Gasteiger partial charge in [-0.05, 0) is 32.1 Å². The maximum Gasteiger partial charge on any atom is 0.229 e. The molecular formula is C11H18N2O2. The van der Waals surface area contributed by atoms with Crippen molar-refractivity contribution >= 4 is 5.91 Å². The molecule has 4 nitrogen and oxygen atoms in total. The lowest BCUT2D eigenvalue weighted by Crippen LogP contribution is -2.57. The van der Waals surface area contributed by atoms with Crippen LogP contribution in [-0.2, 0) is 4.79 Å². The highest BCUT2D eigenvalue weighted by atomic mass is 16.3. The Balaban J connectivity index is 1.75. The summed E-state index contributed by atoms with van der Waals surface area (Å²) in [5.41, 5.74) is 5.98. The minimum Gasteiger partial charge on any atom is -0.389 e. The number of carbonyl (C=O) groups is 1. The van der Waals surface area contributed by atoms with Gasteiger partial charge in [-0.25, -0.2) is 0 Å². The van der Waals surface area contributed by atoms with Gasteiger partial charge in [-0.3, -0.25) is 4.79 Å². The molecule has 0 spiro atoms. The van der Waals surface area contributed by atoms with Gasteiger partial charge >= 0.3 is 0 Å². The Kier molecular flexibility index (Phi) is 1.75. The number of nitrogens with zero attached hydrogens (tertiary/aromatic N) is 1. The average Bonchev–Trinajstić information content (AvgIpc) is 2.66. The summed E-state index contributed by atoms with van der Waals surface area (Å²) in [6, 6.07) is 0. The van der Waals surface area contributed by atoms with Crippen LogP contribution in [-0.4, -0.2) is 40.6 Å². The van der Waals surface area contributed by atoms with Gasteiger partial charge in [0.15, 0.2) is 0 Å². The first-order valence-corrected chi connectivity index (χ1v) is 5.79. The van der Waals surface area contributed by atoms with Crippen LogP contribution in [0.2, 0.25) is 0 Å². The van der Waals surface area contributed by atoms with Gasteiger partial charge in [-0.1, -0.05) is 0 Å². The average molecular weight is 210 g/mol. The van der Waals surface area contributed by atoms with Gasteiger partial charge in [0.05, 0.1) is 11.5 Å². The van der Waals surface area contributed by atoms with E-state index in [1.807, 2.05) is 0 Å². The minimum atomic E-state index is -0.296. The number of hydrogen-bond donors (Lipinski definition) is 2. The Hall–Kier alpha value is -0.610. The molecule has 3 N–H and O–H groups in total. The first kappa shape index (κ1) is 9.60. The van der Waals surface area contributed by atoms with Crippen LogP contribution in [0.1, 0.15) is 32.1 Å². The number of carbonyl (C=O) groups excluding carboxylic acids is 1. The summed E-state index contributed by atoms with van der Waals surface area (Å²) in [5.74, 6) is 0.248. The third-order valence-electron chi connectivity index (χ3n) is 4.50. The summed E-state index contributed by atoms with van der Waals surface area (Å²) >= 11 is 0. The van der Waals surface area contributed by atoms with Crippen molar-refractivity contribution in [2.75, 3.05) is 13.1 Å². The van der Waals surface area contributed by atoms with Crippen LogP contribution in [0.25, 0.3) is 0 Å². The third-order valence-corrected chi connectivity index (χ3v) is 4.50. The summed E-state index contributed by atoms with van der Waals surface area (Å²) in [4.78, 5) is 14.0. The van der Waals surface area contributed by atoms with Gasteiger partial charge in [0.1, 0.15) is 0 Å². The molecule has 0 aromatic rings. The molecule has 3 rings (SSSR count). The van der Waals surface area contributed by atoms with E-state index in [0.717, 1.165) is 32.1 Å². The van der Waals surface area contributed by atoms with Crippen molar-refractivity contribution in [3.8, 4) is 0 Å². The molecular weight excluding hydrogens is 192 g/mol. The van der Waals surface area contributed by atoms with Crippen LogP contribution >= 0.6 is 0 Å². The number of nitrogens with two attached hydrogens (primary N) is 1. The SMILES string of the molecule is NC12CCC(C(=O)N3CC(O)C3)(CC1)C2. The molecule has 4 heteroatoms. The number of aliphatic hydroxyl groups is 1. The Bertz CT molecular complexity index is 302. The molecule has 3 fully saturated rings. The second-order valence-corrected chi connectivity index (χ2v) is 5.68. The summed E-state index contributed by atoms with van der Waals surface area (Å²) in [5, 5.41) is 9.21. The molecule has 15 heavy (non-hydrogen) atoms. The zero-order valence-corrected chi connectivity index (χ0v) is 8.91. The summed E-state index contributed by atoms with van der Waals surface area (Å²) in [6.45, 7) is 1.05. The third kappa shape index (κ3) is 1.24. The molecule has 1 aliphatic heterocycles. The molecule has 0 radical (unpaired) electrons.